The fourth-order valence-electron chi connectivity index (χ4n) is 2.95. The number of amides is 2. The van der Waals surface area contributed by atoms with Crippen LogP contribution in [0.1, 0.15) is 5.56 Å². The largest absolute Gasteiger partial charge is 0.383 e. The Balaban J connectivity index is 1.52. The predicted octanol–water partition coefficient (Wildman–Crippen LogP) is 5.50. The number of hydrogen-bond acceptors (Lipinski definition) is 4. The summed E-state index contributed by atoms with van der Waals surface area (Å²) in [5.74, 6) is 0.531. The number of anilines is 3. The lowest BCUT2D eigenvalue weighted by Crippen LogP contribution is -2.19. The van der Waals surface area contributed by atoms with Crippen molar-refractivity contribution in [3.05, 3.63) is 71.7 Å². The fourth-order valence-corrected chi connectivity index (χ4v) is 3.92. The van der Waals surface area contributed by atoms with E-state index in [2.05, 4.69) is 21.0 Å². The van der Waals surface area contributed by atoms with Crippen molar-refractivity contribution in [2.75, 3.05) is 16.4 Å². The van der Waals surface area contributed by atoms with Crippen molar-refractivity contribution in [1.29, 1.82) is 0 Å². The van der Waals surface area contributed by atoms with Crippen LogP contribution in [-0.2, 0) is 0 Å². The number of nitrogens with one attached hydrogen (secondary N) is 2. The molecule has 0 radical (unpaired) electrons. The molecule has 4 aromatic rings. The Labute approximate surface area is 160 Å². The van der Waals surface area contributed by atoms with Crippen molar-refractivity contribution >= 4 is 44.6 Å². The van der Waals surface area contributed by atoms with Crippen molar-refractivity contribution in [3.8, 4) is 11.1 Å². The van der Waals surface area contributed by atoms with Gasteiger partial charge in [-0.15, -0.1) is 11.3 Å². The molecule has 0 bridgehead atoms. The smallest absolute Gasteiger partial charge is 0.323 e. The van der Waals surface area contributed by atoms with Gasteiger partial charge in [-0.05, 0) is 47.7 Å². The third-order valence-corrected chi connectivity index (χ3v) is 5.31. The van der Waals surface area contributed by atoms with Crippen LogP contribution in [-0.4, -0.2) is 11.0 Å². The van der Waals surface area contributed by atoms with E-state index in [4.69, 9.17) is 5.73 Å². The molecule has 0 saturated carbocycles. The Morgan fingerprint density at radius 2 is 1.81 bits per heavy atom. The van der Waals surface area contributed by atoms with Crippen molar-refractivity contribution in [2.45, 2.75) is 6.92 Å². The number of nitrogen functional groups attached to an aromatic ring is 1. The number of hydrogen-bond donors (Lipinski definition) is 3. The molecule has 0 aliphatic carbocycles. The van der Waals surface area contributed by atoms with E-state index in [1.807, 2.05) is 61.5 Å². The first-order valence-corrected chi connectivity index (χ1v) is 9.35. The molecule has 0 spiro atoms. The summed E-state index contributed by atoms with van der Waals surface area (Å²) >= 11 is 1.64. The number of pyridine rings is 1. The van der Waals surface area contributed by atoms with E-state index < -0.39 is 0 Å². The molecule has 2 aromatic heterocycles. The number of urea groups is 1. The highest BCUT2D eigenvalue weighted by Crippen LogP contribution is 2.36. The highest BCUT2D eigenvalue weighted by atomic mass is 32.1. The fraction of sp³-hybridized carbons (Fsp3) is 0.0476. The van der Waals surface area contributed by atoms with Gasteiger partial charge in [0.1, 0.15) is 5.82 Å². The minimum absolute atomic E-state index is 0.272. The number of aryl methyl sites for hydroxylation is 1. The van der Waals surface area contributed by atoms with Crippen LogP contribution in [0.15, 0.2) is 66.2 Å². The molecule has 134 valence electrons. The van der Waals surface area contributed by atoms with Crippen molar-refractivity contribution in [2.24, 2.45) is 0 Å². The maximum Gasteiger partial charge on any atom is 0.323 e. The number of aromatic nitrogens is 1. The molecule has 0 fully saturated rings. The highest BCUT2D eigenvalue weighted by molar-refractivity contribution is 7.17. The van der Waals surface area contributed by atoms with Crippen LogP contribution < -0.4 is 16.4 Å². The lowest BCUT2D eigenvalue weighted by atomic mass is 10.1. The van der Waals surface area contributed by atoms with Gasteiger partial charge in [0, 0.05) is 33.2 Å². The van der Waals surface area contributed by atoms with Gasteiger partial charge in [0.2, 0.25) is 0 Å². The number of carbonyl (C=O) groups excluding carboxylic acids is 1. The molecule has 0 unspecified atom stereocenters. The van der Waals surface area contributed by atoms with E-state index in [1.54, 1.807) is 17.5 Å². The molecule has 0 atom stereocenters. The molecule has 2 heterocycles. The van der Waals surface area contributed by atoms with Gasteiger partial charge in [-0.25, -0.2) is 9.78 Å². The molecule has 4 N–H and O–H groups in total. The highest BCUT2D eigenvalue weighted by Gasteiger charge is 2.10. The van der Waals surface area contributed by atoms with Crippen LogP contribution in [0.5, 0.6) is 0 Å². The van der Waals surface area contributed by atoms with Crippen LogP contribution in [0, 0.1) is 6.92 Å². The molecule has 27 heavy (non-hydrogen) atoms. The normalized spacial score (nSPS) is 10.7. The van der Waals surface area contributed by atoms with Gasteiger partial charge >= 0.3 is 6.03 Å². The van der Waals surface area contributed by atoms with Crippen LogP contribution in [0.3, 0.4) is 0 Å². The molecule has 0 saturated heterocycles. The topological polar surface area (TPSA) is 80.0 Å². The molecule has 2 amide bonds. The second-order valence-electron chi connectivity index (χ2n) is 6.19. The summed E-state index contributed by atoms with van der Waals surface area (Å²) in [7, 11) is 0. The number of thiophene rings is 1. The lowest BCUT2D eigenvalue weighted by Gasteiger charge is -2.10. The first-order chi connectivity index (χ1) is 13.1. The third-order valence-electron chi connectivity index (χ3n) is 4.36. The second kappa shape index (κ2) is 7.09. The Morgan fingerprint density at radius 1 is 1.04 bits per heavy atom. The Kier molecular flexibility index (Phi) is 4.48. The average molecular weight is 374 g/mol. The van der Waals surface area contributed by atoms with E-state index in [-0.39, 0.29) is 6.03 Å². The summed E-state index contributed by atoms with van der Waals surface area (Å²) in [6.45, 7) is 1.95. The van der Waals surface area contributed by atoms with E-state index >= 15 is 0 Å². The zero-order valence-corrected chi connectivity index (χ0v) is 15.5. The van der Waals surface area contributed by atoms with Crippen molar-refractivity contribution < 1.29 is 4.79 Å². The van der Waals surface area contributed by atoms with Gasteiger partial charge in [-0.1, -0.05) is 30.3 Å². The predicted molar refractivity (Wildman–Crippen MR) is 113 cm³/mol. The summed E-state index contributed by atoms with van der Waals surface area (Å²) in [4.78, 5) is 16.4. The second-order valence-corrected chi connectivity index (χ2v) is 7.10. The Morgan fingerprint density at radius 3 is 2.59 bits per heavy atom. The number of fused-ring (bicyclic) bond motifs is 1. The number of nitrogens with zero attached hydrogens (tertiary/aromatic N) is 1. The first kappa shape index (κ1) is 17.1. The summed E-state index contributed by atoms with van der Waals surface area (Å²) in [6, 6.07) is 17.0. The van der Waals surface area contributed by atoms with Crippen molar-refractivity contribution in [3.63, 3.8) is 0 Å². The van der Waals surface area contributed by atoms with E-state index in [1.165, 1.54) is 0 Å². The standard InChI is InChI=1S/C21H18N4OS/c1-13-4-2-3-5-17(13)25-21(26)24-15-8-6-14(7-9-15)16-12-27-18-10-11-23-20(22)19(16)18/h2-12H,1H3,(H2,22,23)(H2,24,25,26). The van der Waals surface area contributed by atoms with E-state index in [9.17, 15) is 4.79 Å². The van der Waals surface area contributed by atoms with Gasteiger partial charge in [-0.3, -0.25) is 0 Å². The molecule has 0 aliphatic heterocycles. The molecular weight excluding hydrogens is 356 g/mol. The van der Waals surface area contributed by atoms with Gasteiger partial charge in [0.25, 0.3) is 0 Å². The molecule has 2 aromatic carbocycles. The van der Waals surface area contributed by atoms with Crippen molar-refractivity contribution in [1.82, 2.24) is 4.98 Å². The van der Waals surface area contributed by atoms with E-state index in [0.717, 1.165) is 38.2 Å². The first-order valence-electron chi connectivity index (χ1n) is 8.47. The van der Waals surface area contributed by atoms with Crippen LogP contribution in [0.4, 0.5) is 22.0 Å². The summed E-state index contributed by atoms with van der Waals surface area (Å²) < 4.78 is 1.11. The average Bonchev–Trinajstić information content (AvgIpc) is 3.10. The van der Waals surface area contributed by atoms with Gasteiger partial charge in [-0.2, -0.15) is 0 Å². The molecule has 6 heteroatoms. The van der Waals surface area contributed by atoms with Crippen LogP contribution in [0.25, 0.3) is 21.2 Å². The number of rotatable bonds is 3. The van der Waals surface area contributed by atoms with Gasteiger partial charge < -0.3 is 16.4 Å². The summed E-state index contributed by atoms with van der Waals surface area (Å²) in [6.07, 6.45) is 1.72. The SMILES string of the molecule is Cc1ccccc1NC(=O)Nc1ccc(-c2csc3ccnc(N)c23)cc1. The monoisotopic (exact) mass is 374 g/mol. The number of para-hydroxylation sites is 1. The lowest BCUT2D eigenvalue weighted by molar-refractivity contribution is 0.262. The molecule has 0 aliphatic rings. The number of nitrogens with two attached hydrogens (primary N) is 1. The summed E-state index contributed by atoms with van der Waals surface area (Å²) in [5.41, 5.74) is 10.7. The van der Waals surface area contributed by atoms with Gasteiger partial charge in [0.15, 0.2) is 0 Å². The quantitative estimate of drug-likeness (QED) is 0.443. The minimum Gasteiger partial charge on any atom is -0.383 e. The zero-order chi connectivity index (χ0) is 18.8. The molecule has 5 nitrogen and oxygen atoms in total. The summed E-state index contributed by atoms with van der Waals surface area (Å²) in [5, 5.41) is 8.77. The van der Waals surface area contributed by atoms with Crippen LogP contribution in [0.2, 0.25) is 0 Å². The Hall–Kier alpha value is -3.38. The molecule has 4 rings (SSSR count). The maximum atomic E-state index is 12.2. The van der Waals surface area contributed by atoms with E-state index in [0.29, 0.717) is 5.82 Å². The van der Waals surface area contributed by atoms with Crippen LogP contribution >= 0.6 is 11.3 Å². The number of benzene rings is 2. The molecular formula is C21H18N4OS. The minimum atomic E-state index is -0.272. The third kappa shape index (κ3) is 3.47. The zero-order valence-electron chi connectivity index (χ0n) is 14.7. The maximum absolute atomic E-state index is 12.2. The van der Waals surface area contributed by atoms with Gasteiger partial charge in [0.05, 0.1) is 0 Å². The number of carbonyl (C=O) groups is 1. The Bertz CT molecular complexity index is 1120.